The quantitative estimate of drug-likeness (QED) is 0.516. The molecular formula is C20H19N3O5S2. The van der Waals surface area contributed by atoms with Gasteiger partial charge in [0.1, 0.15) is 0 Å². The number of hydrogen-bond acceptors (Lipinski definition) is 5. The Morgan fingerprint density at radius 2 is 1.33 bits per heavy atom. The lowest BCUT2D eigenvalue weighted by atomic mass is 10.2. The molecule has 0 saturated carbocycles. The molecule has 0 aliphatic heterocycles. The van der Waals surface area contributed by atoms with Gasteiger partial charge < -0.3 is 5.32 Å². The van der Waals surface area contributed by atoms with Crippen LogP contribution in [-0.4, -0.2) is 29.8 Å². The summed E-state index contributed by atoms with van der Waals surface area (Å²) in [5, 5.41) is 2.62. The molecule has 0 radical (unpaired) electrons. The first-order chi connectivity index (χ1) is 14.2. The van der Waals surface area contributed by atoms with Crippen LogP contribution < -0.4 is 14.8 Å². The molecule has 10 heteroatoms. The van der Waals surface area contributed by atoms with Crippen LogP contribution in [0.3, 0.4) is 0 Å². The number of hydrogen-bond donors (Lipinski definition) is 3. The third-order valence-corrected chi connectivity index (χ3v) is 6.93. The summed E-state index contributed by atoms with van der Waals surface area (Å²) < 4.78 is 53.1. The minimum Gasteiger partial charge on any atom is -0.322 e. The highest BCUT2D eigenvalue weighted by molar-refractivity contribution is 7.92. The molecule has 0 spiro atoms. The Kier molecular flexibility index (Phi) is 6.20. The van der Waals surface area contributed by atoms with Gasteiger partial charge in [0.25, 0.3) is 15.9 Å². The molecule has 8 nitrogen and oxygen atoms in total. The molecule has 0 saturated heterocycles. The van der Waals surface area contributed by atoms with Crippen LogP contribution in [0.15, 0.2) is 88.7 Å². The van der Waals surface area contributed by atoms with Crippen molar-refractivity contribution in [1.82, 2.24) is 4.72 Å². The molecule has 0 atom stereocenters. The molecule has 0 unspecified atom stereocenters. The van der Waals surface area contributed by atoms with Crippen molar-refractivity contribution in [2.75, 3.05) is 17.1 Å². The molecule has 1 amide bonds. The van der Waals surface area contributed by atoms with Crippen molar-refractivity contribution in [2.24, 2.45) is 0 Å². The minimum absolute atomic E-state index is 0.0217. The molecule has 3 rings (SSSR count). The van der Waals surface area contributed by atoms with Crippen LogP contribution in [0.1, 0.15) is 10.4 Å². The normalized spacial score (nSPS) is 11.6. The van der Waals surface area contributed by atoms with Crippen LogP contribution in [0, 0.1) is 0 Å². The minimum atomic E-state index is -3.73. The van der Waals surface area contributed by atoms with Crippen LogP contribution in [0.2, 0.25) is 0 Å². The Hall–Kier alpha value is -3.21. The highest BCUT2D eigenvalue weighted by Gasteiger charge is 2.15. The van der Waals surface area contributed by atoms with Gasteiger partial charge in [0.2, 0.25) is 10.0 Å². The number of carbonyl (C=O) groups is 1. The van der Waals surface area contributed by atoms with Crippen molar-refractivity contribution in [3.05, 3.63) is 84.4 Å². The van der Waals surface area contributed by atoms with Gasteiger partial charge in [0.15, 0.2) is 0 Å². The summed E-state index contributed by atoms with van der Waals surface area (Å²) in [7, 11) is -6.06. The molecular weight excluding hydrogens is 426 g/mol. The van der Waals surface area contributed by atoms with Crippen LogP contribution in [0.25, 0.3) is 0 Å². The first-order valence-corrected chi connectivity index (χ1v) is 11.7. The fraction of sp³-hybridized carbons (Fsp3) is 0.0500. The summed E-state index contributed by atoms with van der Waals surface area (Å²) in [6, 6.07) is 19.6. The highest BCUT2D eigenvalue weighted by atomic mass is 32.2. The summed E-state index contributed by atoms with van der Waals surface area (Å²) in [4.78, 5) is 12.6. The Morgan fingerprint density at radius 1 is 0.700 bits per heavy atom. The van der Waals surface area contributed by atoms with E-state index in [1.165, 1.54) is 61.6 Å². The van der Waals surface area contributed by atoms with Gasteiger partial charge in [0.05, 0.1) is 9.79 Å². The highest BCUT2D eigenvalue weighted by Crippen LogP contribution is 2.19. The number of carbonyl (C=O) groups excluding carboxylic acids is 1. The lowest BCUT2D eigenvalue weighted by Crippen LogP contribution is -2.19. The lowest BCUT2D eigenvalue weighted by Gasteiger charge is -2.10. The number of amides is 1. The molecule has 156 valence electrons. The van der Waals surface area contributed by atoms with Crippen molar-refractivity contribution in [2.45, 2.75) is 9.79 Å². The number of rotatable bonds is 7. The van der Waals surface area contributed by atoms with Crippen molar-refractivity contribution in [3.8, 4) is 0 Å². The second kappa shape index (κ2) is 8.66. The van der Waals surface area contributed by atoms with E-state index in [0.29, 0.717) is 11.4 Å². The fourth-order valence-corrected chi connectivity index (χ4v) is 4.42. The van der Waals surface area contributed by atoms with Gasteiger partial charge in [-0.05, 0) is 61.6 Å². The third kappa shape index (κ3) is 5.03. The maximum atomic E-state index is 12.4. The number of sulfonamides is 2. The third-order valence-electron chi connectivity index (χ3n) is 4.12. The van der Waals surface area contributed by atoms with Gasteiger partial charge >= 0.3 is 0 Å². The Labute approximate surface area is 175 Å². The predicted octanol–water partition coefficient (Wildman–Crippen LogP) is 2.65. The zero-order valence-corrected chi connectivity index (χ0v) is 17.5. The van der Waals surface area contributed by atoms with E-state index in [9.17, 15) is 21.6 Å². The van der Waals surface area contributed by atoms with Crippen LogP contribution in [0.5, 0.6) is 0 Å². The van der Waals surface area contributed by atoms with Crippen molar-refractivity contribution in [3.63, 3.8) is 0 Å². The number of nitrogens with one attached hydrogen (secondary N) is 3. The molecule has 30 heavy (non-hydrogen) atoms. The van der Waals surface area contributed by atoms with E-state index < -0.39 is 26.0 Å². The van der Waals surface area contributed by atoms with Gasteiger partial charge in [-0.2, -0.15) is 0 Å². The standard InChI is InChI=1S/C20H19N3O5S2/c1-21-29(25,26)19-9-5-6-17(14-19)22-20(24)15-10-12-16(13-11-15)23-30(27,28)18-7-3-2-4-8-18/h2-14,21,23H,1H3,(H,22,24). The first-order valence-electron chi connectivity index (χ1n) is 8.74. The second-order valence-electron chi connectivity index (χ2n) is 6.19. The summed E-state index contributed by atoms with van der Waals surface area (Å²) in [5.74, 6) is -0.466. The van der Waals surface area contributed by atoms with Gasteiger partial charge in [-0.25, -0.2) is 21.6 Å². The summed E-state index contributed by atoms with van der Waals surface area (Å²) in [6.45, 7) is 0. The smallest absolute Gasteiger partial charge is 0.261 e. The van der Waals surface area contributed by atoms with Crippen LogP contribution >= 0.6 is 0 Å². The fourth-order valence-electron chi connectivity index (χ4n) is 2.57. The zero-order valence-electron chi connectivity index (χ0n) is 15.9. The summed E-state index contributed by atoms with van der Waals surface area (Å²) >= 11 is 0. The van der Waals surface area contributed by atoms with Crippen molar-refractivity contribution < 1.29 is 21.6 Å². The Morgan fingerprint density at radius 3 is 1.97 bits per heavy atom. The van der Waals surface area contributed by atoms with E-state index >= 15 is 0 Å². The average Bonchev–Trinajstić information content (AvgIpc) is 2.75. The van der Waals surface area contributed by atoms with E-state index in [-0.39, 0.29) is 15.4 Å². The van der Waals surface area contributed by atoms with Crippen molar-refractivity contribution >= 4 is 37.3 Å². The van der Waals surface area contributed by atoms with E-state index in [4.69, 9.17) is 0 Å². The van der Waals surface area contributed by atoms with E-state index in [0.717, 1.165) is 0 Å². The lowest BCUT2D eigenvalue weighted by molar-refractivity contribution is 0.102. The maximum Gasteiger partial charge on any atom is 0.261 e. The topological polar surface area (TPSA) is 121 Å². The maximum absolute atomic E-state index is 12.4. The molecule has 3 aromatic carbocycles. The van der Waals surface area contributed by atoms with E-state index in [2.05, 4.69) is 14.8 Å². The SMILES string of the molecule is CNS(=O)(=O)c1cccc(NC(=O)c2ccc(NS(=O)(=O)c3ccccc3)cc2)c1. The molecule has 3 aromatic rings. The molecule has 0 bridgehead atoms. The molecule has 0 aliphatic carbocycles. The number of anilines is 2. The molecule has 3 N–H and O–H groups in total. The van der Waals surface area contributed by atoms with E-state index in [1.807, 2.05) is 0 Å². The predicted molar refractivity (Wildman–Crippen MR) is 114 cm³/mol. The average molecular weight is 446 g/mol. The summed E-state index contributed by atoms with van der Waals surface area (Å²) in [5.41, 5.74) is 0.891. The number of benzene rings is 3. The second-order valence-corrected chi connectivity index (χ2v) is 9.75. The van der Waals surface area contributed by atoms with Gasteiger partial charge in [0, 0.05) is 16.9 Å². The first kappa shape index (κ1) is 21.5. The monoisotopic (exact) mass is 445 g/mol. The van der Waals surface area contributed by atoms with Crippen LogP contribution in [0.4, 0.5) is 11.4 Å². The molecule has 0 fully saturated rings. The molecule has 0 aliphatic rings. The zero-order chi connectivity index (χ0) is 21.8. The largest absolute Gasteiger partial charge is 0.322 e. The molecule has 0 aromatic heterocycles. The summed E-state index contributed by atoms with van der Waals surface area (Å²) in [6.07, 6.45) is 0. The van der Waals surface area contributed by atoms with Crippen LogP contribution in [-0.2, 0) is 20.0 Å². The van der Waals surface area contributed by atoms with Gasteiger partial charge in [-0.15, -0.1) is 0 Å². The van der Waals surface area contributed by atoms with Gasteiger partial charge in [-0.1, -0.05) is 24.3 Å². The Bertz CT molecular complexity index is 1260. The van der Waals surface area contributed by atoms with Gasteiger partial charge in [-0.3, -0.25) is 9.52 Å². The molecule has 0 heterocycles. The van der Waals surface area contributed by atoms with E-state index in [1.54, 1.807) is 24.3 Å². The Balaban J connectivity index is 1.72. The van der Waals surface area contributed by atoms with Crippen molar-refractivity contribution in [1.29, 1.82) is 0 Å².